The number of benzene rings is 1. The highest BCUT2D eigenvalue weighted by molar-refractivity contribution is 5.97. The molecule has 1 atom stereocenters. The van der Waals surface area contributed by atoms with Gasteiger partial charge in [0.05, 0.1) is 5.92 Å². The van der Waals surface area contributed by atoms with Crippen LogP contribution in [0, 0.1) is 5.92 Å². The Morgan fingerprint density at radius 2 is 2.00 bits per heavy atom. The molecule has 0 aromatic heterocycles. The summed E-state index contributed by atoms with van der Waals surface area (Å²) in [4.78, 5) is 26.6. The van der Waals surface area contributed by atoms with Crippen molar-refractivity contribution in [1.29, 1.82) is 0 Å². The van der Waals surface area contributed by atoms with Crippen LogP contribution < -0.4 is 5.32 Å². The molecule has 4 heteroatoms. The predicted octanol–water partition coefficient (Wildman–Crippen LogP) is 3.79. The smallest absolute Gasteiger partial charge is 0.229 e. The minimum absolute atomic E-state index is 0.0484. The fourth-order valence-electron chi connectivity index (χ4n) is 3.21. The minimum atomic E-state index is -0.245. The summed E-state index contributed by atoms with van der Waals surface area (Å²) in [5, 5.41) is 2.98. The van der Waals surface area contributed by atoms with Crippen molar-refractivity contribution in [3.63, 3.8) is 0 Å². The van der Waals surface area contributed by atoms with Gasteiger partial charge in [-0.2, -0.15) is 0 Å². The van der Waals surface area contributed by atoms with E-state index in [-0.39, 0.29) is 23.8 Å². The normalized spacial score (nSPS) is 18.1. The van der Waals surface area contributed by atoms with E-state index in [1.54, 1.807) is 0 Å². The maximum Gasteiger partial charge on any atom is 0.229 e. The quantitative estimate of drug-likeness (QED) is 0.868. The summed E-state index contributed by atoms with van der Waals surface area (Å²) in [6, 6.07) is 8.19. The molecule has 0 saturated carbocycles. The van der Waals surface area contributed by atoms with Crippen LogP contribution in [-0.4, -0.2) is 29.3 Å². The molecule has 1 heterocycles. The lowest BCUT2D eigenvalue weighted by atomic mass is 10.0. The summed E-state index contributed by atoms with van der Waals surface area (Å²) < 4.78 is 0. The fraction of sp³-hybridized carbons (Fsp3) is 0.579. The molecule has 1 saturated heterocycles. The topological polar surface area (TPSA) is 49.4 Å². The molecule has 0 bridgehead atoms. The van der Waals surface area contributed by atoms with E-state index in [0.717, 1.165) is 18.5 Å². The van der Waals surface area contributed by atoms with E-state index >= 15 is 0 Å². The highest BCUT2D eigenvalue weighted by atomic mass is 16.2. The van der Waals surface area contributed by atoms with E-state index < -0.39 is 0 Å². The predicted molar refractivity (Wildman–Crippen MR) is 93.4 cm³/mol. The summed E-state index contributed by atoms with van der Waals surface area (Å²) in [6.45, 7) is 8.98. The summed E-state index contributed by atoms with van der Waals surface area (Å²) >= 11 is 0. The van der Waals surface area contributed by atoms with Crippen LogP contribution in [0.15, 0.2) is 24.3 Å². The van der Waals surface area contributed by atoms with Crippen molar-refractivity contribution >= 4 is 17.5 Å². The van der Waals surface area contributed by atoms with Crippen molar-refractivity contribution in [2.75, 3.05) is 11.9 Å². The number of carbonyl (C=O) groups excluding carboxylic acids is 2. The first-order chi connectivity index (χ1) is 11.0. The maximum atomic E-state index is 12.5. The first-order valence-corrected chi connectivity index (χ1v) is 8.66. The van der Waals surface area contributed by atoms with Gasteiger partial charge in [0, 0.05) is 24.7 Å². The molecule has 1 unspecified atom stereocenters. The van der Waals surface area contributed by atoms with Gasteiger partial charge in [0.15, 0.2) is 0 Å². The van der Waals surface area contributed by atoms with E-state index in [1.165, 1.54) is 5.56 Å². The highest BCUT2D eigenvalue weighted by Crippen LogP contribution is 2.25. The maximum absolute atomic E-state index is 12.5. The van der Waals surface area contributed by atoms with Crippen LogP contribution in [0.25, 0.3) is 0 Å². The molecule has 1 aromatic carbocycles. The van der Waals surface area contributed by atoms with E-state index in [1.807, 2.05) is 23.1 Å². The Balaban J connectivity index is 2.02. The van der Waals surface area contributed by atoms with Crippen molar-refractivity contribution in [3.05, 3.63) is 29.8 Å². The second kappa shape index (κ2) is 7.62. The van der Waals surface area contributed by atoms with Gasteiger partial charge in [-0.1, -0.05) is 39.8 Å². The Bertz CT molecular complexity index is 564. The molecule has 0 spiro atoms. The SMILES string of the molecule is CCC(CC)N1CC(C(=O)Nc2cccc(C(C)C)c2)CC1=O. The molecular weight excluding hydrogens is 288 g/mol. The molecule has 1 aromatic rings. The van der Waals surface area contributed by atoms with Crippen molar-refractivity contribution < 1.29 is 9.59 Å². The third-order valence-electron chi connectivity index (χ3n) is 4.73. The number of hydrogen-bond acceptors (Lipinski definition) is 2. The zero-order chi connectivity index (χ0) is 17.0. The Hall–Kier alpha value is -1.84. The Labute approximate surface area is 139 Å². The second-order valence-electron chi connectivity index (χ2n) is 6.69. The molecule has 2 rings (SSSR count). The molecular formula is C19H28N2O2. The van der Waals surface area contributed by atoms with Gasteiger partial charge in [-0.3, -0.25) is 9.59 Å². The molecule has 1 fully saturated rings. The highest BCUT2D eigenvalue weighted by Gasteiger charge is 2.36. The summed E-state index contributed by atoms with van der Waals surface area (Å²) in [6.07, 6.45) is 2.20. The minimum Gasteiger partial charge on any atom is -0.339 e. The zero-order valence-corrected chi connectivity index (χ0v) is 14.6. The fourth-order valence-corrected chi connectivity index (χ4v) is 3.21. The molecule has 4 nitrogen and oxygen atoms in total. The number of carbonyl (C=O) groups is 2. The van der Waals surface area contributed by atoms with Gasteiger partial charge in [0.1, 0.15) is 0 Å². The van der Waals surface area contributed by atoms with Crippen molar-refractivity contribution in [1.82, 2.24) is 4.90 Å². The molecule has 23 heavy (non-hydrogen) atoms. The second-order valence-corrected chi connectivity index (χ2v) is 6.69. The van der Waals surface area contributed by atoms with Gasteiger partial charge >= 0.3 is 0 Å². The average Bonchev–Trinajstić information content (AvgIpc) is 2.91. The molecule has 0 aliphatic carbocycles. The number of rotatable bonds is 6. The van der Waals surface area contributed by atoms with Gasteiger partial charge in [0.25, 0.3) is 0 Å². The number of amides is 2. The first kappa shape index (κ1) is 17.5. The lowest BCUT2D eigenvalue weighted by Crippen LogP contribution is -2.36. The number of anilines is 1. The third kappa shape index (κ3) is 4.12. The van der Waals surface area contributed by atoms with Gasteiger partial charge < -0.3 is 10.2 Å². The number of hydrogen-bond donors (Lipinski definition) is 1. The number of nitrogens with one attached hydrogen (secondary N) is 1. The standard InChI is InChI=1S/C19H28N2O2/c1-5-17(6-2)21-12-15(11-18(21)22)19(23)20-16-9-7-8-14(10-16)13(3)4/h7-10,13,15,17H,5-6,11-12H2,1-4H3,(H,20,23). The van der Waals surface area contributed by atoms with Gasteiger partial charge in [-0.15, -0.1) is 0 Å². The van der Waals surface area contributed by atoms with Crippen LogP contribution in [0.3, 0.4) is 0 Å². The first-order valence-electron chi connectivity index (χ1n) is 8.66. The average molecular weight is 316 g/mol. The Morgan fingerprint density at radius 3 is 2.61 bits per heavy atom. The largest absolute Gasteiger partial charge is 0.339 e. The summed E-state index contributed by atoms with van der Waals surface area (Å²) in [5.74, 6) is 0.235. The van der Waals surface area contributed by atoms with Crippen LogP contribution in [0.5, 0.6) is 0 Å². The Morgan fingerprint density at radius 1 is 1.30 bits per heavy atom. The molecule has 1 aliphatic heterocycles. The van der Waals surface area contributed by atoms with E-state index in [4.69, 9.17) is 0 Å². The van der Waals surface area contributed by atoms with Crippen molar-refractivity contribution in [2.45, 2.75) is 58.9 Å². The van der Waals surface area contributed by atoms with E-state index in [2.05, 4.69) is 39.1 Å². The van der Waals surface area contributed by atoms with Crippen LogP contribution in [-0.2, 0) is 9.59 Å². The van der Waals surface area contributed by atoms with E-state index in [0.29, 0.717) is 18.9 Å². The van der Waals surface area contributed by atoms with Crippen molar-refractivity contribution in [3.8, 4) is 0 Å². The summed E-state index contributed by atoms with van der Waals surface area (Å²) in [7, 11) is 0. The molecule has 0 radical (unpaired) electrons. The van der Waals surface area contributed by atoms with Gasteiger partial charge in [-0.05, 0) is 36.5 Å². The number of likely N-dealkylation sites (tertiary alicyclic amines) is 1. The monoisotopic (exact) mass is 316 g/mol. The molecule has 1 aliphatic rings. The molecule has 2 amide bonds. The van der Waals surface area contributed by atoms with Crippen LogP contribution in [0.2, 0.25) is 0 Å². The zero-order valence-electron chi connectivity index (χ0n) is 14.6. The van der Waals surface area contributed by atoms with Crippen LogP contribution >= 0.6 is 0 Å². The van der Waals surface area contributed by atoms with Crippen molar-refractivity contribution in [2.24, 2.45) is 5.92 Å². The van der Waals surface area contributed by atoms with Gasteiger partial charge in [-0.25, -0.2) is 0 Å². The molecule has 1 N–H and O–H groups in total. The lowest BCUT2D eigenvalue weighted by Gasteiger charge is -2.26. The summed E-state index contributed by atoms with van der Waals surface area (Å²) in [5.41, 5.74) is 2.01. The van der Waals surface area contributed by atoms with Crippen LogP contribution in [0.1, 0.15) is 58.4 Å². The third-order valence-corrected chi connectivity index (χ3v) is 4.73. The lowest BCUT2D eigenvalue weighted by molar-refractivity contribution is -0.130. The molecule has 126 valence electrons. The van der Waals surface area contributed by atoms with Gasteiger partial charge in [0.2, 0.25) is 11.8 Å². The van der Waals surface area contributed by atoms with Crippen LogP contribution in [0.4, 0.5) is 5.69 Å². The Kier molecular flexibility index (Phi) is 5.80. The van der Waals surface area contributed by atoms with E-state index in [9.17, 15) is 9.59 Å². The number of nitrogens with zero attached hydrogens (tertiary/aromatic N) is 1.